The van der Waals surface area contributed by atoms with Crippen LogP contribution in [-0.2, 0) is 11.2 Å². The van der Waals surface area contributed by atoms with Crippen LogP contribution in [-0.4, -0.2) is 44.1 Å². The third kappa shape index (κ3) is 4.24. The lowest BCUT2D eigenvalue weighted by Gasteiger charge is -2.29. The van der Waals surface area contributed by atoms with Gasteiger partial charge in [-0.1, -0.05) is 12.1 Å². The fraction of sp³-hybridized carbons (Fsp3) is 0.533. The fourth-order valence-corrected chi connectivity index (χ4v) is 1.81. The van der Waals surface area contributed by atoms with E-state index in [0.717, 1.165) is 12.2 Å². The predicted octanol–water partition coefficient (Wildman–Crippen LogP) is 1.69. The number of amides is 1. The van der Waals surface area contributed by atoms with Crippen LogP contribution in [0.4, 0.5) is 0 Å². The maximum absolute atomic E-state index is 12.2. The summed E-state index contributed by atoms with van der Waals surface area (Å²) in [7, 11) is 5.29. The normalized spacial score (nSPS) is 11.2. The molecule has 0 aliphatic carbocycles. The van der Waals surface area contributed by atoms with Gasteiger partial charge in [-0.05, 0) is 45.0 Å². The molecule has 0 aliphatic rings. The second-order valence-corrected chi connectivity index (χ2v) is 5.20. The summed E-state index contributed by atoms with van der Waals surface area (Å²) in [6.45, 7) is 4.46. The lowest BCUT2D eigenvalue weighted by atomic mass is 10.0. The average molecular weight is 264 g/mol. The molecule has 0 radical (unpaired) electrons. The number of ether oxygens (including phenoxy) is 1. The van der Waals surface area contributed by atoms with Crippen LogP contribution in [0.2, 0.25) is 0 Å². The Hall–Kier alpha value is -1.55. The molecule has 0 atom stereocenters. The average Bonchev–Trinajstić information content (AvgIpc) is 2.44. The van der Waals surface area contributed by atoms with E-state index in [9.17, 15) is 4.79 Å². The van der Waals surface area contributed by atoms with E-state index < -0.39 is 5.54 Å². The van der Waals surface area contributed by atoms with E-state index in [1.807, 2.05) is 45.2 Å². The van der Waals surface area contributed by atoms with Crippen LogP contribution in [0, 0.1) is 0 Å². The Labute approximate surface area is 115 Å². The number of methoxy groups -OCH3 is 1. The van der Waals surface area contributed by atoms with E-state index in [4.69, 9.17) is 4.74 Å². The Balaban J connectivity index is 2.58. The molecule has 4 nitrogen and oxygen atoms in total. The molecule has 1 N–H and O–H groups in total. The first-order valence-corrected chi connectivity index (χ1v) is 6.48. The lowest BCUT2D eigenvalue weighted by molar-refractivity contribution is -0.135. The topological polar surface area (TPSA) is 41.6 Å². The van der Waals surface area contributed by atoms with Crippen molar-refractivity contribution in [3.63, 3.8) is 0 Å². The van der Waals surface area contributed by atoms with Crippen LogP contribution in [0.1, 0.15) is 19.4 Å². The first-order chi connectivity index (χ1) is 8.90. The van der Waals surface area contributed by atoms with Crippen molar-refractivity contribution in [2.45, 2.75) is 25.8 Å². The van der Waals surface area contributed by atoms with Crippen LogP contribution < -0.4 is 10.1 Å². The highest BCUT2D eigenvalue weighted by Crippen LogP contribution is 2.14. The van der Waals surface area contributed by atoms with E-state index >= 15 is 0 Å². The van der Waals surface area contributed by atoms with Crippen LogP contribution >= 0.6 is 0 Å². The van der Waals surface area contributed by atoms with Gasteiger partial charge in [0.1, 0.15) is 5.75 Å². The van der Waals surface area contributed by atoms with Gasteiger partial charge in [-0.3, -0.25) is 4.79 Å². The maximum Gasteiger partial charge on any atom is 0.242 e. The van der Waals surface area contributed by atoms with Gasteiger partial charge in [0.2, 0.25) is 5.91 Å². The van der Waals surface area contributed by atoms with Crippen molar-refractivity contribution in [2.24, 2.45) is 0 Å². The minimum Gasteiger partial charge on any atom is -0.497 e. The quantitative estimate of drug-likeness (QED) is 0.850. The van der Waals surface area contributed by atoms with Crippen LogP contribution in [0.5, 0.6) is 5.75 Å². The highest BCUT2D eigenvalue weighted by atomic mass is 16.5. The fourth-order valence-electron chi connectivity index (χ4n) is 1.81. The second-order valence-electron chi connectivity index (χ2n) is 5.20. The number of likely N-dealkylation sites (N-methyl/N-ethyl adjacent to an activating group) is 2. The monoisotopic (exact) mass is 264 g/mol. The third-order valence-corrected chi connectivity index (χ3v) is 3.38. The Kier molecular flexibility index (Phi) is 5.36. The Bertz CT molecular complexity index is 430. The summed E-state index contributed by atoms with van der Waals surface area (Å²) >= 11 is 0. The Morgan fingerprint density at radius 3 is 2.68 bits per heavy atom. The van der Waals surface area contributed by atoms with Gasteiger partial charge in [0.05, 0.1) is 12.6 Å². The first kappa shape index (κ1) is 15.5. The standard InChI is InChI=1S/C15H24N2O2/c1-15(2,16-3)14(18)17(4)10-9-12-7-6-8-13(11-12)19-5/h6-8,11,16H,9-10H2,1-5H3. The number of hydrogen-bond acceptors (Lipinski definition) is 3. The van der Waals surface area contributed by atoms with Crippen LogP contribution in [0.15, 0.2) is 24.3 Å². The minimum atomic E-state index is -0.525. The van der Waals surface area contributed by atoms with Crippen molar-refractivity contribution >= 4 is 5.91 Å². The van der Waals surface area contributed by atoms with Gasteiger partial charge < -0.3 is 15.0 Å². The van der Waals surface area contributed by atoms with Crippen molar-refractivity contribution in [3.05, 3.63) is 29.8 Å². The minimum absolute atomic E-state index is 0.0953. The molecule has 106 valence electrons. The maximum atomic E-state index is 12.2. The van der Waals surface area contributed by atoms with Crippen molar-refractivity contribution in [3.8, 4) is 5.75 Å². The molecule has 0 spiro atoms. The molecule has 1 rings (SSSR count). The molecule has 0 saturated carbocycles. The summed E-state index contributed by atoms with van der Waals surface area (Å²) in [5.41, 5.74) is 0.643. The zero-order chi connectivity index (χ0) is 14.5. The van der Waals surface area contributed by atoms with Gasteiger partial charge in [-0.2, -0.15) is 0 Å². The van der Waals surface area contributed by atoms with Gasteiger partial charge in [-0.15, -0.1) is 0 Å². The summed E-state index contributed by atoms with van der Waals surface area (Å²) in [6, 6.07) is 7.93. The largest absolute Gasteiger partial charge is 0.497 e. The molecule has 0 fully saturated rings. The molecule has 1 aromatic rings. The Morgan fingerprint density at radius 1 is 1.42 bits per heavy atom. The summed E-state index contributed by atoms with van der Waals surface area (Å²) in [4.78, 5) is 13.9. The first-order valence-electron chi connectivity index (χ1n) is 6.48. The van der Waals surface area contributed by atoms with E-state index in [1.165, 1.54) is 5.56 Å². The van der Waals surface area contributed by atoms with E-state index in [-0.39, 0.29) is 5.91 Å². The molecular formula is C15H24N2O2. The molecule has 19 heavy (non-hydrogen) atoms. The molecule has 4 heteroatoms. The number of nitrogens with zero attached hydrogens (tertiary/aromatic N) is 1. The molecule has 0 aromatic heterocycles. The number of benzene rings is 1. The molecule has 0 saturated heterocycles. The van der Waals surface area contributed by atoms with E-state index in [1.54, 1.807) is 19.1 Å². The van der Waals surface area contributed by atoms with Crippen molar-refractivity contribution in [2.75, 3.05) is 27.7 Å². The predicted molar refractivity (Wildman–Crippen MR) is 77.5 cm³/mol. The zero-order valence-corrected chi connectivity index (χ0v) is 12.5. The zero-order valence-electron chi connectivity index (χ0n) is 12.5. The van der Waals surface area contributed by atoms with E-state index in [0.29, 0.717) is 6.54 Å². The number of carbonyl (C=O) groups excluding carboxylic acids is 1. The smallest absolute Gasteiger partial charge is 0.242 e. The summed E-state index contributed by atoms with van der Waals surface area (Å²) < 4.78 is 5.19. The van der Waals surface area contributed by atoms with Gasteiger partial charge in [0.15, 0.2) is 0 Å². The summed E-state index contributed by atoms with van der Waals surface area (Å²) in [6.07, 6.45) is 0.819. The molecular weight excluding hydrogens is 240 g/mol. The van der Waals surface area contributed by atoms with Crippen LogP contribution in [0.3, 0.4) is 0 Å². The highest BCUT2D eigenvalue weighted by Gasteiger charge is 2.27. The van der Waals surface area contributed by atoms with Crippen molar-refractivity contribution in [1.29, 1.82) is 0 Å². The summed E-state index contributed by atoms with van der Waals surface area (Å²) in [5, 5.41) is 3.03. The SMILES string of the molecule is CNC(C)(C)C(=O)N(C)CCc1cccc(OC)c1. The molecule has 1 aromatic carbocycles. The van der Waals surface area contributed by atoms with E-state index in [2.05, 4.69) is 5.32 Å². The highest BCUT2D eigenvalue weighted by molar-refractivity contribution is 5.85. The van der Waals surface area contributed by atoms with Crippen molar-refractivity contribution < 1.29 is 9.53 Å². The molecule has 1 amide bonds. The molecule has 0 aliphatic heterocycles. The Morgan fingerprint density at radius 2 is 2.11 bits per heavy atom. The van der Waals surface area contributed by atoms with Gasteiger partial charge in [-0.25, -0.2) is 0 Å². The van der Waals surface area contributed by atoms with Gasteiger partial charge in [0.25, 0.3) is 0 Å². The number of carbonyl (C=O) groups is 1. The third-order valence-electron chi connectivity index (χ3n) is 3.38. The number of nitrogens with one attached hydrogen (secondary N) is 1. The van der Waals surface area contributed by atoms with Crippen LogP contribution in [0.25, 0.3) is 0 Å². The lowest BCUT2D eigenvalue weighted by Crippen LogP contribution is -2.52. The number of rotatable bonds is 6. The number of hydrogen-bond donors (Lipinski definition) is 1. The molecule has 0 unspecified atom stereocenters. The second kappa shape index (κ2) is 6.57. The van der Waals surface area contributed by atoms with Gasteiger partial charge >= 0.3 is 0 Å². The summed E-state index contributed by atoms with van der Waals surface area (Å²) in [5.74, 6) is 0.944. The molecule has 0 heterocycles. The molecule has 0 bridgehead atoms. The van der Waals surface area contributed by atoms with Crippen molar-refractivity contribution in [1.82, 2.24) is 10.2 Å². The van der Waals surface area contributed by atoms with Gasteiger partial charge in [0, 0.05) is 13.6 Å².